The summed E-state index contributed by atoms with van der Waals surface area (Å²) in [6, 6.07) is 10.2. The second-order valence-corrected chi connectivity index (χ2v) is 7.51. The Labute approximate surface area is 194 Å². The van der Waals surface area contributed by atoms with E-state index in [0.29, 0.717) is 6.54 Å². The molecule has 4 rings (SSSR count). The van der Waals surface area contributed by atoms with Crippen LogP contribution in [0.4, 0.5) is 0 Å². The van der Waals surface area contributed by atoms with Gasteiger partial charge in [-0.15, -0.1) is 24.0 Å². The van der Waals surface area contributed by atoms with Gasteiger partial charge in [-0.05, 0) is 26.8 Å². The molecule has 0 spiro atoms. The topological polar surface area (TPSA) is 70.0 Å². The molecular weight excluding hydrogens is 493 g/mol. The summed E-state index contributed by atoms with van der Waals surface area (Å²) in [5.74, 6) is 2.74. The summed E-state index contributed by atoms with van der Waals surface area (Å²) in [5.41, 5.74) is 3.10. The fraction of sp³-hybridized carbons (Fsp3) is 0.455. The van der Waals surface area contributed by atoms with E-state index >= 15 is 0 Å². The summed E-state index contributed by atoms with van der Waals surface area (Å²) in [5, 5.41) is 8.70. The molecule has 7 nitrogen and oxygen atoms in total. The smallest absolute Gasteiger partial charge is 0.194 e. The lowest BCUT2D eigenvalue weighted by atomic mass is 10.1. The van der Waals surface area contributed by atoms with Gasteiger partial charge in [0.25, 0.3) is 0 Å². The number of para-hydroxylation sites is 1. The third-order valence-corrected chi connectivity index (χ3v) is 5.38. The van der Waals surface area contributed by atoms with Gasteiger partial charge in [0.15, 0.2) is 5.96 Å². The molecule has 1 aromatic carbocycles. The van der Waals surface area contributed by atoms with Crippen molar-refractivity contribution in [1.82, 2.24) is 20.3 Å². The number of rotatable bonds is 5. The van der Waals surface area contributed by atoms with Crippen LogP contribution in [0.1, 0.15) is 29.7 Å². The number of hydrogen-bond donors (Lipinski definition) is 1. The van der Waals surface area contributed by atoms with E-state index in [2.05, 4.69) is 40.2 Å². The molecule has 1 fully saturated rings. The summed E-state index contributed by atoms with van der Waals surface area (Å²) < 4.78 is 11.2. The van der Waals surface area contributed by atoms with Gasteiger partial charge in [-0.2, -0.15) is 0 Å². The predicted octanol–water partition coefficient (Wildman–Crippen LogP) is 3.94. The fourth-order valence-corrected chi connectivity index (χ4v) is 3.79. The first-order valence-corrected chi connectivity index (χ1v) is 10.3. The molecule has 2 aromatic heterocycles. The van der Waals surface area contributed by atoms with Crippen molar-refractivity contribution >= 4 is 40.9 Å². The van der Waals surface area contributed by atoms with Crippen molar-refractivity contribution in [2.45, 2.75) is 33.9 Å². The van der Waals surface area contributed by atoms with Gasteiger partial charge in [0.05, 0.1) is 5.69 Å². The van der Waals surface area contributed by atoms with Crippen molar-refractivity contribution in [1.29, 1.82) is 0 Å². The molecule has 3 heterocycles. The maximum Gasteiger partial charge on any atom is 0.194 e. The highest BCUT2D eigenvalue weighted by Gasteiger charge is 2.21. The van der Waals surface area contributed by atoms with Crippen LogP contribution in [-0.4, -0.2) is 53.6 Å². The van der Waals surface area contributed by atoms with E-state index in [4.69, 9.17) is 13.9 Å². The first-order chi connectivity index (χ1) is 14.1. The molecule has 0 radical (unpaired) electrons. The summed E-state index contributed by atoms with van der Waals surface area (Å²) >= 11 is 0. The maximum absolute atomic E-state index is 6.02. The lowest BCUT2D eigenvalue weighted by Gasteiger charge is -2.36. The third-order valence-electron chi connectivity index (χ3n) is 5.38. The number of fused-ring (bicyclic) bond motifs is 1. The van der Waals surface area contributed by atoms with Crippen LogP contribution in [0.5, 0.6) is 0 Å². The molecule has 1 N–H and O–H groups in total. The molecule has 30 heavy (non-hydrogen) atoms. The van der Waals surface area contributed by atoms with Crippen LogP contribution < -0.4 is 5.32 Å². The molecular formula is C22H30IN5O2. The Kier molecular flexibility index (Phi) is 7.76. The van der Waals surface area contributed by atoms with Crippen LogP contribution in [0, 0.1) is 13.8 Å². The van der Waals surface area contributed by atoms with Crippen LogP contribution in [0.25, 0.3) is 11.0 Å². The van der Waals surface area contributed by atoms with Crippen LogP contribution in [0.2, 0.25) is 0 Å². The van der Waals surface area contributed by atoms with Gasteiger partial charge in [-0.1, -0.05) is 23.4 Å². The molecule has 162 valence electrons. The molecule has 0 unspecified atom stereocenters. The highest BCUT2D eigenvalue weighted by atomic mass is 127. The Morgan fingerprint density at radius 3 is 2.60 bits per heavy atom. The molecule has 1 aliphatic heterocycles. The molecule has 0 saturated carbocycles. The monoisotopic (exact) mass is 523 g/mol. The van der Waals surface area contributed by atoms with E-state index in [0.717, 1.165) is 68.0 Å². The van der Waals surface area contributed by atoms with Crippen LogP contribution in [0.3, 0.4) is 0 Å². The summed E-state index contributed by atoms with van der Waals surface area (Å²) in [7, 11) is 0. The lowest BCUT2D eigenvalue weighted by Crippen LogP contribution is -2.52. The first-order valence-electron chi connectivity index (χ1n) is 10.3. The SMILES string of the molecule is CCNC(=NCc1oc2ccccc2c1C)N1CCN(Cc2cc(C)on2)CC1.I. The molecule has 1 saturated heterocycles. The Morgan fingerprint density at radius 1 is 1.17 bits per heavy atom. The highest BCUT2D eigenvalue weighted by molar-refractivity contribution is 14.0. The normalized spacial score (nSPS) is 15.4. The summed E-state index contributed by atoms with van der Waals surface area (Å²) in [6.45, 7) is 12.2. The van der Waals surface area contributed by atoms with Crippen molar-refractivity contribution in [3.8, 4) is 0 Å². The van der Waals surface area contributed by atoms with Crippen molar-refractivity contribution in [2.75, 3.05) is 32.7 Å². The Morgan fingerprint density at radius 2 is 1.93 bits per heavy atom. The number of aryl methyl sites for hydroxylation is 2. The average molecular weight is 523 g/mol. The minimum Gasteiger partial charge on any atom is -0.459 e. The molecule has 8 heteroatoms. The zero-order chi connectivity index (χ0) is 20.2. The van der Waals surface area contributed by atoms with E-state index < -0.39 is 0 Å². The van der Waals surface area contributed by atoms with Crippen LogP contribution in [-0.2, 0) is 13.1 Å². The number of nitrogens with zero attached hydrogens (tertiary/aromatic N) is 4. The first kappa shape index (κ1) is 22.6. The Hall–Kier alpha value is -2.07. The molecule has 0 aliphatic carbocycles. The number of aliphatic imine (C=N–C) groups is 1. The largest absolute Gasteiger partial charge is 0.459 e. The van der Waals surface area contributed by atoms with Crippen molar-refractivity contribution in [3.05, 3.63) is 53.1 Å². The third kappa shape index (κ3) is 5.15. The van der Waals surface area contributed by atoms with E-state index in [1.165, 1.54) is 10.9 Å². The molecule has 0 atom stereocenters. The van der Waals surface area contributed by atoms with Gasteiger partial charge in [-0.25, -0.2) is 4.99 Å². The van der Waals surface area contributed by atoms with E-state index in [1.54, 1.807) is 0 Å². The van der Waals surface area contributed by atoms with Gasteiger partial charge in [0.1, 0.15) is 23.6 Å². The van der Waals surface area contributed by atoms with Gasteiger partial charge >= 0.3 is 0 Å². The number of furan rings is 1. The van der Waals surface area contributed by atoms with Crippen LogP contribution in [0.15, 0.2) is 44.3 Å². The number of piperazine rings is 1. The quantitative estimate of drug-likeness (QED) is 0.311. The fourth-order valence-electron chi connectivity index (χ4n) is 3.79. The summed E-state index contributed by atoms with van der Waals surface area (Å²) in [6.07, 6.45) is 0. The second kappa shape index (κ2) is 10.3. The number of benzene rings is 1. The number of aromatic nitrogens is 1. The standard InChI is InChI=1S/C22H29N5O2.HI/c1-4-23-22(24-14-21-17(3)19-7-5-6-8-20(19)28-21)27-11-9-26(10-12-27)15-18-13-16(2)29-25-18;/h5-8,13H,4,9-12,14-15H2,1-3H3,(H,23,24);1H. The van der Waals surface area contributed by atoms with Crippen molar-refractivity contribution < 1.29 is 8.94 Å². The minimum absolute atomic E-state index is 0. The molecule has 0 amide bonds. The Bertz CT molecular complexity index is 988. The predicted molar refractivity (Wildman–Crippen MR) is 129 cm³/mol. The Balaban J connectivity index is 0.00000256. The number of nitrogens with one attached hydrogen (secondary N) is 1. The second-order valence-electron chi connectivity index (χ2n) is 7.51. The van der Waals surface area contributed by atoms with Gasteiger partial charge < -0.3 is 19.2 Å². The van der Waals surface area contributed by atoms with E-state index in [9.17, 15) is 0 Å². The molecule has 3 aromatic rings. The van der Waals surface area contributed by atoms with Crippen molar-refractivity contribution in [3.63, 3.8) is 0 Å². The number of hydrogen-bond acceptors (Lipinski definition) is 5. The van der Waals surface area contributed by atoms with Gasteiger partial charge in [-0.3, -0.25) is 4.90 Å². The van der Waals surface area contributed by atoms with E-state index in [-0.39, 0.29) is 24.0 Å². The van der Waals surface area contributed by atoms with Gasteiger partial charge in [0.2, 0.25) is 0 Å². The van der Waals surface area contributed by atoms with E-state index in [1.807, 2.05) is 31.2 Å². The zero-order valence-electron chi connectivity index (χ0n) is 17.9. The summed E-state index contributed by atoms with van der Waals surface area (Å²) in [4.78, 5) is 9.60. The minimum atomic E-state index is 0. The average Bonchev–Trinajstić information content (AvgIpc) is 3.29. The van der Waals surface area contributed by atoms with Crippen molar-refractivity contribution in [2.24, 2.45) is 4.99 Å². The van der Waals surface area contributed by atoms with Gasteiger partial charge in [0, 0.05) is 56.3 Å². The zero-order valence-corrected chi connectivity index (χ0v) is 20.2. The molecule has 0 bridgehead atoms. The molecule has 1 aliphatic rings. The van der Waals surface area contributed by atoms with Crippen LogP contribution >= 0.6 is 24.0 Å². The highest BCUT2D eigenvalue weighted by Crippen LogP contribution is 2.25. The number of guanidine groups is 1. The number of halogens is 1. The maximum atomic E-state index is 6.02. The lowest BCUT2D eigenvalue weighted by molar-refractivity contribution is 0.169.